The van der Waals surface area contributed by atoms with Gasteiger partial charge >= 0.3 is 0 Å². The predicted molar refractivity (Wildman–Crippen MR) is 111 cm³/mol. The lowest BCUT2D eigenvalue weighted by molar-refractivity contribution is -0.908. The van der Waals surface area contributed by atoms with Crippen molar-refractivity contribution in [2.24, 2.45) is 0 Å². The van der Waals surface area contributed by atoms with Crippen LogP contribution in [0.1, 0.15) is 22.5 Å². The van der Waals surface area contributed by atoms with Crippen molar-refractivity contribution < 1.29 is 9.64 Å². The Kier molecular flexibility index (Phi) is 6.06. The first-order chi connectivity index (χ1) is 13.4. The summed E-state index contributed by atoms with van der Waals surface area (Å²) in [5.41, 5.74) is 10.3. The number of methoxy groups -OCH3 is 1. The third-order valence-corrected chi connectivity index (χ3v) is 4.48. The topological polar surface area (TPSA) is 90.4 Å². The first-order valence-electron chi connectivity index (χ1n) is 9.22. The van der Waals surface area contributed by atoms with Gasteiger partial charge in [-0.25, -0.2) is 0 Å². The Balaban J connectivity index is 1.74. The molecule has 3 aromatic rings. The van der Waals surface area contributed by atoms with E-state index in [1.807, 2.05) is 43.3 Å². The first-order valence-corrected chi connectivity index (χ1v) is 9.22. The van der Waals surface area contributed by atoms with E-state index in [1.54, 1.807) is 7.11 Å². The quantitative estimate of drug-likeness (QED) is 0.582. The Hall–Kier alpha value is -3.19. The normalized spacial score (nSPS) is 11.9. The third kappa shape index (κ3) is 4.95. The number of hydrogen-bond acceptors (Lipinski definition) is 6. The highest BCUT2D eigenvalue weighted by Crippen LogP contribution is 2.19. The molecular weight excluding hydrogens is 352 g/mol. The Bertz CT molecular complexity index is 959. The van der Waals surface area contributed by atoms with Crippen LogP contribution in [0.25, 0.3) is 0 Å². The molecule has 1 aromatic heterocycles. The van der Waals surface area contributed by atoms with E-state index in [4.69, 9.17) is 10.5 Å². The highest BCUT2D eigenvalue weighted by atomic mass is 16.5. The van der Waals surface area contributed by atoms with Gasteiger partial charge in [0.15, 0.2) is 5.82 Å². The molecule has 1 unspecified atom stereocenters. The van der Waals surface area contributed by atoms with Gasteiger partial charge in [-0.2, -0.15) is 15.0 Å². The van der Waals surface area contributed by atoms with E-state index in [0.717, 1.165) is 29.1 Å². The zero-order valence-corrected chi connectivity index (χ0v) is 16.8. The van der Waals surface area contributed by atoms with Gasteiger partial charge in [0.2, 0.25) is 11.9 Å². The lowest BCUT2D eigenvalue weighted by Crippen LogP contribution is -3.06. The summed E-state index contributed by atoms with van der Waals surface area (Å²) in [6.45, 7) is 5.51. The van der Waals surface area contributed by atoms with Crippen molar-refractivity contribution in [1.82, 2.24) is 15.0 Å². The van der Waals surface area contributed by atoms with Crippen LogP contribution in [0.2, 0.25) is 0 Å². The zero-order chi connectivity index (χ0) is 20.1. The molecule has 4 N–H and O–H groups in total. The molecule has 1 atom stereocenters. The Labute approximate surface area is 165 Å². The number of nitrogens with two attached hydrogens (primary N) is 1. The Morgan fingerprint density at radius 3 is 2.57 bits per heavy atom. The second-order valence-electron chi connectivity index (χ2n) is 7.00. The van der Waals surface area contributed by atoms with Crippen LogP contribution in [0, 0.1) is 13.8 Å². The molecule has 2 aromatic carbocycles. The van der Waals surface area contributed by atoms with Crippen LogP contribution in [0.4, 0.5) is 17.6 Å². The molecule has 0 aliphatic heterocycles. The minimum absolute atomic E-state index is 0.210. The SMILES string of the molecule is COc1ccc(C)cc1C[NH+](C)Cc1nc(N)nc(Nc2ccccc2C)n1. The maximum Gasteiger partial charge on any atom is 0.232 e. The summed E-state index contributed by atoms with van der Waals surface area (Å²) in [7, 11) is 3.79. The molecule has 0 bridgehead atoms. The van der Waals surface area contributed by atoms with Crippen molar-refractivity contribution in [3.63, 3.8) is 0 Å². The van der Waals surface area contributed by atoms with E-state index in [1.165, 1.54) is 10.5 Å². The highest BCUT2D eigenvalue weighted by Gasteiger charge is 2.14. The predicted octanol–water partition coefficient (Wildman–Crippen LogP) is 2.04. The molecule has 28 heavy (non-hydrogen) atoms. The lowest BCUT2D eigenvalue weighted by Gasteiger charge is -2.16. The largest absolute Gasteiger partial charge is 0.496 e. The summed E-state index contributed by atoms with van der Waals surface area (Å²) in [5.74, 6) is 2.20. The van der Waals surface area contributed by atoms with Crippen molar-refractivity contribution in [2.45, 2.75) is 26.9 Å². The van der Waals surface area contributed by atoms with E-state index in [2.05, 4.69) is 40.3 Å². The zero-order valence-electron chi connectivity index (χ0n) is 16.8. The van der Waals surface area contributed by atoms with E-state index < -0.39 is 0 Å². The fraction of sp³-hybridized carbons (Fsp3) is 0.286. The van der Waals surface area contributed by atoms with Gasteiger partial charge in [-0.3, -0.25) is 0 Å². The van der Waals surface area contributed by atoms with Crippen LogP contribution in [-0.4, -0.2) is 29.1 Å². The third-order valence-electron chi connectivity index (χ3n) is 4.48. The van der Waals surface area contributed by atoms with Gasteiger partial charge in [-0.1, -0.05) is 29.8 Å². The summed E-state index contributed by atoms with van der Waals surface area (Å²) >= 11 is 0. The molecule has 0 aliphatic carbocycles. The van der Waals surface area contributed by atoms with Crippen molar-refractivity contribution in [2.75, 3.05) is 25.2 Å². The molecule has 0 amide bonds. The van der Waals surface area contributed by atoms with Crippen LogP contribution in [0.5, 0.6) is 5.75 Å². The number of aromatic nitrogens is 3. The lowest BCUT2D eigenvalue weighted by atomic mass is 10.1. The molecule has 0 radical (unpaired) electrons. The van der Waals surface area contributed by atoms with E-state index >= 15 is 0 Å². The molecule has 0 fully saturated rings. The summed E-state index contributed by atoms with van der Waals surface area (Å²) < 4.78 is 5.48. The molecule has 3 rings (SSSR count). The molecule has 0 saturated carbocycles. The van der Waals surface area contributed by atoms with E-state index in [0.29, 0.717) is 18.3 Å². The smallest absolute Gasteiger partial charge is 0.232 e. The van der Waals surface area contributed by atoms with Crippen LogP contribution >= 0.6 is 0 Å². The maximum absolute atomic E-state index is 5.91. The molecule has 0 spiro atoms. The van der Waals surface area contributed by atoms with Gasteiger partial charge in [0.25, 0.3) is 0 Å². The number of benzene rings is 2. The van der Waals surface area contributed by atoms with Crippen molar-refractivity contribution in [1.29, 1.82) is 0 Å². The fourth-order valence-electron chi connectivity index (χ4n) is 3.11. The van der Waals surface area contributed by atoms with Crippen LogP contribution in [0.3, 0.4) is 0 Å². The fourth-order valence-corrected chi connectivity index (χ4v) is 3.11. The van der Waals surface area contributed by atoms with Gasteiger partial charge in [0.1, 0.15) is 18.8 Å². The average molecular weight is 379 g/mol. The van der Waals surface area contributed by atoms with Crippen molar-refractivity contribution in [3.8, 4) is 5.75 Å². The summed E-state index contributed by atoms with van der Waals surface area (Å²) in [6, 6.07) is 14.2. The summed E-state index contributed by atoms with van der Waals surface area (Å²) in [5, 5.41) is 3.23. The Morgan fingerprint density at radius 1 is 1.04 bits per heavy atom. The number of ether oxygens (including phenoxy) is 1. The molecule has 7 heteroatoms. The number of nitrogens with one attached hydrogen (secondary N) is 2. The number of aryl methyl sites for hydroxylation is 2. The van der Waals surface area contributed by atoms with Crippen LogP contribution in [0.15, 0.2) is 42.5 Å². The number of quaternary nitrogens is 1. The van der Waals surface area contributed by atoms with Gasteiger partial charge < -0.3 is 20.7 Å². The number of para-hydroxylation sites is 1. The van der Waals surface area contributed by atoms with Gasteiger partial charge in [-0.05, 0) is 37.6 Å². The summed E-state index contributed by atoms with van der Waals surface area (Å²) in [4.78, 5) is 14.3. The minimum atomic E-state index is 0.210. The van der Waals surface area contributed by atoms with E-state index in [-0.39, 0.29) is 5.95 Å². The first kappa shape index (κ1) is 19.6. The minimum Gasteiger partial charge on any atom is -0.496 e. The monoisotopic (exact) mass is 379 g/mol. The summed E-state index contributed by atoms with van der Waals surface area (Å²) in [6.07, 6.45) is 0. The second kappa shape index (κ2) is 8.67. The van der Waals surface area contributed by atoms with E-state index in [9.17, 15) is 0 Å². The van der Waals surface area contributed by atoms with Gasteiger partial charge in [0.05, 0.1) is 14.2 Å². The molecule has 0 aliphatic rings. The number of hydrogen-bond donors (Lipinski definition) is 3. The molecule has 146 valence electrons. The second-order valence-corrected chi connectivity index (χ2v) is 7.00. The van der Waals surface area contributed by atoms with Crippen LogP contribution in [-0.2, 0) is 13.1 Å². The highest BCUT2D eigenvalue weighted by molar-refractivity contribution is 5.58. The number of anilines is 3. The average Bonchev–Trinajstić information content (AvgIpc) is 2.63. The van der Waals surface area contributed by atoms with Gasteiger partial charge in [0, 0.05) is 11.3 Å². The standard InChI is InChI=1S/C21H26N6O/c1-14-9-10-18(28-4)16(11-14)12-27(3)13-19-24-20(22)26-21(25-19)23-17-8-6-5-7-15(17)2/h5-11H,12-13H2,1-4H3,(H3,22,23,24,25,26)/p+1. The molecule has 1 heterocycles. The van der Waals surface area contributed by atoms with Gasteiger partial charge in [-0.15, -0.1) is 0 Å². The van der Waals surface area contributed by atoms with Crippen LogP contribution < -0.4 is 20.7 Å². The van der Waals surface area contributed by atoms with Crippen molar-refractivity contribution in [3.05, 3.63) is 65.0 Å². The number of rotatable bonds is 7. The number of nitrogen functional groups attached to an aromatic ring is 1. The molecule has 7 nitrogen and oxygen atoms in total. The number of nitrogens with zero attached hydrogens (tertiary/aromatic N) is 3. The van der Waals surface area contributed by atoms with Crippen molar-refractivity contribution >= 4 is 17.6 Å². The maximum atomic E-state index is 5.91. The molecule has 0 saturated heterocycles. The Morgan fingerprint density at radius 2 is 1.82 bits per heavy atom. The molecular formula is C21H27N6O+.